The molecule has 0 saturated heterocycles. The first kappa shape index (κ1) is 21.8. The number of nitrogens with one attached hydrogen (secondary N) is 1. The van der Waals surface area contributed by atoms with E-state index < -0.39 is 34.6 Å². The molecule has 6 rings (SSSR count). The molecule has 0 radical (unpaired) electrons. The molecule has 0 aliphatic carbocycles. The number of phenols is 1. The highest BCUT2D eigenvalue weighted by atomic mass is 16.5. The van der Waals surface area contributed by atoms with Gasteiger partial charge >= 0.3 is 11.6 Å². The number of carbonyl (C=O) groups is 2. The second-order valence-corrected chi connectivity index (χ2v) is 9.05. The van der Waals surface area contributed by atoms with Gasteiger partial charge in [-0.25, -0.2) is 4.79 Å². The first-order valence-corrected chi connectivity index (χ1v) is 11.3. The number of rotatable bonds is 2. The maximum atomic E-state index is 13.3. The minimum absolute atomic E-state index is 0.0204. The molecule has 1 aliphatic rings. The van der Waals surface area contributed by atoms with Crippen LogP contribution in [0.2, 0.25) is 0 Å². The summed E-state index contributed by atoms with van der Waals surface area (Å²) in [6.07, 6.45) is -0.218. The van der Waals surface area contributed by atoms with Gasteiger partial charge in [-0.2, -0.15) is 0 Å². The molecule has 1 atom stereocenters. The van der Waals surface area contributed by atoms with Crippen LogP contribution in [-0.2, 0) is 4.79 Å². The van der Waals surface area contributed by atoms with Crippen molar-refractivity contribution in [3.63, 3.8) is 0 Å². The zero-order chi connectivity index (χ0) is 25.3. The van der Waals surface area contributed by atoms with Crippen molar-refractivity contribution in [2.75, 3.05) is 0 Å². The Labute approximate surface area is 202 Å². The van der Waals surface area contributed by atoms with Crippen LogP contribution in [0.5, 0.6) is 11.5 Å². The van der Waals surface area contributed by atoms with Crippen LogP contribution in [0.25, 0.3) is 32.6 Å². The van der Waals surface area contributed by atoms with Crippen LogP contribution in [0.1, 0.15) is 46.3 Å². The number of aromatic nitrogens is 1. The highest BCUT2D eigenvalue weighted by Crippen LogP contribution is 2.49. The number of pyridine rings is 1. The standard InChI is InChI=1S/C28H19NO7/c1-12-7-20(31)35-26-22(12)25(33)23(13(2)30)27-24(26)17(11-21(32)36-27)18-9-16-8-14-5-3-4-6-15(14)10-19(16)29-28(18)34/h3-10,17,33H,11H2,1-2H3,(H,29,34). The fourth-order valence-electron chi connectivity index (χ4n) is 5.17. The highest BCUT2D eigenvalue weighted by Gasteiger charge is 2.38. The summed E-state index contributed by atoms with van der Waals surface area (Å²) >= 11 is 0. The predicted molar refractivity (Wildman–Crippen MR) is 133 cm³/mol. The predicted octanol–water partition coefficient (Wildman–Crippen LogP) is 4.45. The molecule has 2 N–H and O–H groups in total. The van der Waals surface area contributed by atoms with Crippen LogP contribution in [0, 0.1) is 6.92 Å². The van der Waals surface area contributed by atoms with Crippen molar-refractivity contribution in [1.82, 2.24) is 4.98 Å². The number of fused-ring (bicyclic) bond motifs is 5. The Bertz CT molecular complexity index is 1910. The molecule has 0 bridgehead atoms. The van der Waals surface area contributed by atoms with E-state index in [2.05, 4.69) is 4.98 Å². The number of carbonyl (C=O) groups excluding carboxylic acids is 2. The van der Waals surface area contributed by atoms with Crippen LogP contribution < -0.4 is 15.9 Å². The third-order valence-electron chi connectivity index (χ3n) is 6.75. The van der Waals surface area contributed by atoms with Crippen LogP contribution in [0.15, 0.2) is 62.5 Å². The minimum Gasteiger partial charge on any atom is -0.506 e. The van der Waals surface area contributed by atoms with Gasteiger partial charge < -0.3 is 19.2 Å². The van der Waals surface area contributed by atoms with Gasteiger partial charge in [0.2, 0.25) is 0 Å². The third kappa shape index (κ3) is 3.15. The molecule has 0 fully saturated rings. The quantitative estimate of drug-likeness (QED) is 0.125. The van der Waals surface area contributed by atoms with E-state index in [1.54, 1.807) is 13.0 Å². The number of hydrogen-bond acceptors (Lipinski definition) is 7. The number of ether oxygens (including phenoxy) is 1. The lowest BCUT2D eigenvalue weighted by atomic mass is 9.82. The normalized spacial score (nSPS) is 15.3. The number of phenolic OH excluding ortho intramolecular Hbond substituents is 1. The Hall–Kier alpha value is -4.72. The number of benzene rings is 3. The Morgan fingerprint density at radius 3 is 2.47 bits per heavy atom. The fourth-order valence-corrected chi connectivity index (χ4v) is 5.17. The van der Waals surface area contributed by atoms with E-state index in [9.17, 15) is 24.3 Å². The molecule has 0 saturated carbocycles. The van der Waals surface area contributed by atoms with E-state index in [0.29, 0.717) is 11.1 Å². The topological polar surface area (TPSA) is 127 Å². The van der Waals surface area contributed by atoms with Gasteiger partial charge in [0, 0.05) is 28.6 Å². The van der Waals surface area contributed by atoms with E-state index in [-0.39, 0.29) is 39.8 Å². The van der Waals surface area contributed by atoms with Crippen LogP contribution in [0.3, 0.4) is 0 Å². The average Bonchev–Trinajstić information content (AvgIpc) is 2.81. The molecule has 1 aliphatic heterocycles. The van der Waals surface area contributed by atoms with Crippen molar-refractivity contribution in [3.05, 3.63) is 91.6 Å². The minimum atomic E-state index is -0.882. The van der Waals surface area contributed by atoms with Crippen molar-refractivity contribution in [3.8, 4) is 11.5 Å². The lowest BCUT2D eigenvalue weighted by Gasteiger charge is -2.27. The monoisotopic (exact) mass is 481 g/mol. The van der Waals surface area contributed by atoms with Crippen LogP contribution in [0.4, 0.5) is 0 Å². The summed E-state index contributed by atoms with van der Waals surface area (Å²) in [6, 6.07) is 14.5. The Morgan fingerprint density at radius 1 is 1.03 bits per heavy atom. The van der Waals surface area contributed by atoms with Gasteiger partial charge in [0.25, 0.3) is 5.56 Å². The molecule has 0 amide bonds. The number of H-pyrrole nitrogens is 1. The summed E-state index contributed by atoms with van der Waals surface area (Å²) in [5, 5.41) is 13.8. The Kier molecular flexibility index (Phi) is 4.63. The molecule has 0 spiro atoms. The zero-order valence-electron chi connectivity index (χ0n) is 19.3. The Morgan fingerprint density at radius 2 is 1.75 bits per heavy atom. The number of ketones is 1. The summed E-state index contributed by atoms with van der Waals surface area (Å²) in [5.74, 6) is -2.73. The molecule has 5 aromatic rings. The molecule has 178 valence electrons. The molecule has 3 aromatic carbocycles. The molecule has 1 unspecified atom stereocenters. The molecular weight excluding hydrogens is 462 g/mol. The van der Waals surface area contributed by atoms with Crippen molar-refractivity contribution in [2.45, 2.75) is 26.2 Å². The largest absolute Gasteiger partial charge is 0.506 e. The lowest BCUT2D eigenvalue weighted by molar-refractivity contribution is -0.135. The van der Waals surface area contributed by atoms with E-state index in [0.717, 1.165) is 16.2 Å². The second kappa shape index (κ2) is 7.64. The van der Waals surface area contributed by atoms with E-state index in [1.807, 2.05) is 36.4 Å². The number of hydrogen-bond donors (Lipinski definition) is 2. The molecule has 2 aromatic heterocycles. The summed E-state index contributed by atoms with van der Waals surface area (Å²) in [5.41, 5.74) is 0.154. The molecule has 8 nitrogen and oxygen atoms in total. The molecular formula is C28H19NO7. The van der Waals surface area contributed by atoms with Gasteiger partial charge in [-0.3, -0.25) is 14.4 Å². The van der Waals surface area contributed by atoms with Gasteiger partial charge in [-0.1, -0.05) is 24.3 Å². The van der Waals surface area contributed by atoms with E-state index in [1.165, 1.54) is 13.0 Å². The van der Waals surface area contributed by atoms with Gasteiger partial charge in [0.05, 0.1) is 11.8 Å². The molecule has 36 heavy (non-hydrogen) atoms. The average molecular weight is 481 g/mol. The SMILES string of the molecule is CC(=O)c1c2c(c3oc(=O)cc(C)c3c1O)C(c1cc3cc4ccccc4cc3[nH]c1=O)CC(=O)O2. The zero-order valence-corrected chi connectivity index (χ0v) is 19.3. The Balaban J connectivity index is 1.72. The van der Waals surface area contributed by atoms with Crippen molar-refractivity contribution < 1.29 is 23.8 Å². The summed E-state index contributed by atoms with van der Waals surface area (Å²) in [4.78, 5) is 53.8. The summed E-state index contributed by atoms with van der Waals surface area (Å²) < 4.78 is 10.9. The maximum Gasteiger partial charge on any atom is 0.336 e. The first-order valence-electron chi connectivity index (χ1n) is 11.3. The van der Waals surface area contributed by atoms with Crippen LogP contribution >= 0.6 is 0 Å². The van der Waals surface area contributed by atoms with Gasteiger partial charge in [0.1, 0.15) is 16.9 Å². The van der Waals surface area contributed by atoms with Gasteiger partial charge in [-0.05, 0) is 53.8 Å². The number of aromatic amines is 1. The third-order valence-corrected chi connectivity index (χ3v) is 6.75. The first-order chi connectivity index (χ1) is 17.2. The van der Waals surface area contributed by atoms with E-state index >= 15 is 0 Å². The van der Waals surface area contributed by atoms with Gasteiger partial charge in [0.15, 0.2) is 11.5 Å². The van der Waals surface area contributed by atoms with Crippen molar-refractivity contribution in [1.29, 1.82) is 0 Å². The maximum absolute atomic E-state index is 13.3. The molecule has 3 heterocycles. The highest BCUT2D eigenvalue weighted by molar-refractivity contribution is 6.09. The van der Waals surface area contributed by atoms with Gasteiger partial charge in [-0.15, -0.1) is 0 Å². The molecule has 8 heteroatoms. The fraction of sp³-hybridized carbons (Fsp3) is 0.143. The number of Topliss-reactive ketones (excluding diaryl/α,β-unsaturated/α-hetero) is 1. The summed E-state index contributed by atoms with van der Waals surface area (Å²) in [6.45, 7) is 2.84. The second-order valence-electron chi connectivity index (χ2n) is 9.05. The van der Waals surface area contributed by atoms with E-state index in [4.69, 9.17) is 9.15 Å². The van der Waals surface area contributed by atoms with Crippen molar-refractivity contribution in [2.24, 2.45) is 0 Å². The number of aromatic hydroxyl groups is 1. The van der Waals surface area contributed by atoms with Crippen LogP contribution in [-0.4, -0.2) is 21.8 Å². The smallest absolute Gasteiger partial charge is 0.336 e. The number of aryl methyl sites for hydroxylation is 1. The summed E-state index contributed by atoms with van der Waals surface area (Å²) in [7, 11) is 0. The lowest BCUT2D eigenvalue weighted by Crippen LogP contribution is -2.27. The van der Waals surface area contributed by atoms with Crippen molar-refractivity contribution >= 4 is 44.4 Å². The number of esters is 1.